The molecular formula is C12H8ClN5O2. The second-order valence-corrected chi connectivity index (χ2v) is 4.49. The van der Waals surface area contributed by atoms with Gasteiger partial charge in [-0.2, -0.15) is 0 Å². The third kappa shape index (κ3) is 2.19. The standard InChI is InChI=1S/C12H8ClN5O2/c13-11-10-12(15-6-14-11)17(7-16-10)5-8-1-3-9(4-2-8)18(19)20/h1-4,6-7H,5H2. The van der Waals surface area contributed by atoms with Crippen LogP contribution in [0.25, 0.3) is 11.2 Å². The molecule has 1 aromatic carbocycles. The van der Waals surface area contributed by atoms with Crippen molar-refractivity contribution in [2.24, 2.45) is 0 Å². The summed E-state index contributed by atoms with van der Waals surface area (Å²) in [4.78, 5) is 22.3. The van der Waals surface area contributed by atoms with Crippen molar-refractivity contribution >= 4 is 28.5 Å². The van der Waals surface area contributed by atoms with Gasteiger partial charge in [-0.3, -0.25) is 10.1 Å². The maximum Gasteiger partial charge on any atom is 0.269 e. The van der Waals surface area contributed by atoms with E-state index in [-0.39, 0.29) is 5.69 Å². The Labute approximate surface area is 118 Å². The molecule has 100 valence electrons. The molecule has 2 heterocycles. The van der Waals surface area contributed by atoms with E-state index < -0.39 is 4.92 Å². The van der Waals surface area contributed by atoms with Gasteiger partial charge in [0.15, 0.2) is 10.8 Å². The highest BCUT2D eigenvalue weighted by atomic mass is 35.5. The number of non-ortho nitro benzene ring substituents is 1. The summed E-state index contributed by atoms with van der Waals surface area (Å²) in [5.41, 5.74) is 2.14. The van der Waals surface area contributed by atoms with Crippen LogP contribution in [0.1, 0.15) is 5.56 Å². The number of rotatable bonds is 3. The zero-order valence-electron chi connectivity index (χ0n) is 10.1. The summed E-state index contributed by atoms with van der Waals surface area (Å²) < 4.78 is 1.81. The molecule has 0 amide bonds. The summed E-state index contributed by atoms with van der Waals surface area (Å²) >= 11 is 5.93. The van der Waals surface area contributed by atoms with Crippen LogP contribution in [0.15, 0.2) is 36.9 Å². The van der Waals surface area contributed by atoms with Gasteiger partial charge in [0.25, 0.3) is 5.69 Å². The summed E-state index contributed by atoms with van der Waals surface area (Å²) in [7, 11) is 0. The predicted molar refractivity (Wildman–Crippen MR) is 72.5 cm³/mol. The van der Waals surface area contributed by atoms with Gasteiger partial charge in [0, 0.05) is 12.1 Å². The molecule has 0 aliphatic heterocycles. The smallest absolute Gasteiger partial charge is 0.269 e. The molecule has 0 N–H and O–H groups in total. The van der Waals surface area contributed by atoms with Gasteiger partial charge in [-0.25, -0.2) is 15.0 Å². The molecule has 0 atom stereocenters. The quantitative estimate of drug-likeness (QED) is 0.420. The first-order valence-corrected chi connectivity index (χ1v) is 6.07. The van der Waals surface area contributed by atoms with E-state index >= 15 is 0 Å². The van der Waals surface area contributed by atoms with E-state index in [2.05, 4.69) is 15.0 Å². The Kier molecular flexibility index (Phi) is 3.03. The lowest BCUT2D eigenvalue weighted by atomic mass is 10.2. The molecule has 0 aliphatic rings. The van der Waals surface area contributed by atoms with Crippen molar-refractivity contribution in [2.75, 3.05) is 0 Å². The summed E-state index contributed by atoms with van der Waals surface area (Å²) in [6.07, 6.45) is 2.99. The minimum absolute atomic E-state index is 0.0645. The minimum Gasteiger partial charge on any atom is -0.311 e. The summed E-state index contributed by atoms with van der Waals surface area (Å²) in [5.74, 6) is 0. The Hall–Kier alpha value is -2.54. The fraction of sp³-hybridized carbons (Fsp3) is 0.0833. The second kappa shape index (κ2) is 4.86. The van der Waals surface area contributed by atoms with Gasteiger partial charge in [-0.15, -0.1) is 0 Å². The molecule has 0 saturated carbocycles. The average molecular weight is 290 g/mol. The predicted octanol–water partition coefficient (Wildman–Crippen LogP) is 2.44. The molecule has 0 radical (unpaired) electrons. The largest absolute Gasteiger partial charge is 0.311 e. The molecule has 0 unspecified atom stereocenters. The Balaban J connectivity index is 1.93. The van der Waals surface area contributed by atoms with Crippen LogP contribution in [0.3, 0.4) is 0 Å². The number of fused-ring (bicyclic) bond motifs is 1. The van der Waals surface area contributed by atoms with Crippen LogP contribution in [0.5, 0.6) is 0 Å². The molecule has 0 saturated heterocycles. The van der Waals surface area contributed by atoms with Crippen LogP contribution in [-0.4, -0.2) is 24.4 Å². The zero-order chi connectivity index (χ0) is 14.1. The highest BCUT2D eigenvalue weighted by Crippen LogP contribution is 2.19. The summed E-state index contributed by atoms with van der Waals surface area (Å²) in [5, 5.41) is 10.9. The number of nitrogens with zero attached hydrogens (tertiary/aromatic N) is 5. The Morgan fingerprint density at radius 2 is 1.95 bits per heavy atom. The van der Waals surface area contributed by atoms with Crippen molar-refractivity contribution in [1.29, 1.82) is 0 Å². The molecule has 0 bridgehead atoms. The van der Waals surface area contributed by atoms with Crippen LogP contribution in [-0.2, 0) is 6.54 Å². The van der Waals surface area contributed by atoms with E-state index in [1.807, 2.05) is 4.57 Å². The first kappa shape index (κ1) is 12.5. The number of hydrogen-bond donors (Lipinski definition) is 0. The number of imidazole rings is 1. The SMILES string of the molecule is O=[N+]([O-])c1ccc(Cn2cnc3c(Cl)ncnc32)cc1. The van der Waals surface area contributed by atoms with E-state index in [0.717, 1.165) is 5.56 Å². The van der Waals surface area contributed by atoms with Crippen molar-refractivity contribution in [3.8, 4) is 0 Å². The number of benzene rings is 1. The van der Waals surface area contributed by atoms with Crippen LogP contribution in [0, 0.1) is 10.1 Å². The molecule has 0 aliphatic carbocycles. The summed E-state index contributed by atoms with van der Waals surface area (Å²) in [6, 6.07) is 6.34. The van der Waals surface area contributed by atoms with Crippen molar-refractivity contribution in [2.45, 2.75) is 6.54 Å². The van der Waals surface area contributed by atoms with E-state index in [0.29, 0.717) is 22.9 Å². The van der Waals surface area contributed by atoms with Crippen LogP contribution in [0.2, 0.25) is 5.15 Å². The zero-order valence-corrected chi connectivity index (χ0v) is 10.9. The lowest BCUT2D eigenvalue weighted by Gasteiger charge is -2.03. The van der Waals surface area contributed by atoms with Crippen LogP contribution < -0.4 is 0 Å². The first-order chi connectivity index (χ1) is 9.65. The molecule has 0 fully saturated rings. The van der Waals surface area contributed by atoms with Gasteiger partial charge in [-0.05, 0) is 5.56 Å². The first-order valence-electron chi connectivity index (χ1n) is 5.70. The lowest BCUT2D eigenvalue weighted by Crippen LogP contribution is -1.99. The van der Waals surface area contributed by atoms with Crippen molar-refractivity contribution in [3.63, 3.8) is 0 Å². The molecule has 3 rings (SSSR count). The van der Waals surface area contributed by atoms with Gasteiger partial charge in [0.05, 0.1) is 17.8 Å². The van der Waals surface area contributed by atoms with Gasteiger partial charge in [0.2, 0.25) is 0 Å². The van der Waals surface area contributed by atoms with E-state index in [9.17, 15) is 10.1 Å². The van der Waals surface area contributed by atoms with Crippen LogP contribution in [0.4, 0.5) is 5.69 Å². The molecule has 0 spiro atoms. The van der Waals surface area contributed by atoms with E-state index in [1.165, 1.54) is 18.5 Å². The number of aromatic nitrogens is 4. The molecule has 20 heavy (non-hydrogen) atoms. The molecular weight excluding hydrogens is 282 g/mol. The number of hydrogen-bond acceptors (Lipinski definition) is 5. The number of nitro groups is 1. The maximum absolute atomic E-state index is 10.6. The Morgan fingerprint density at radius 3 is 2.65 bits per heavy atom. The molecule has 2 aromatic heterocycles. The minimum atomic E-state index is -0.427. The highest BCUT2D eigenvalue weighted by Gasteiger charge is 2.09. The van der Waals surface area contributed by atoms with E-state index in [4.69, 9.17) is 11.6 Å². The van der Waals surface area contributed by atoms with Gasteiger partial charge in [-0.1, -0.05) is 23.7 Å². The van der Waals surface area contributed by atoms with E-state index in [1.54, 1.807) is 18.5 Å². The topological polar surface area (TPSA) is 86.7 Å². The third-order valence-electron chi connectivity index (χ3n) is 2.86. The molecule has 7 nitrogen and oxygen atoms in total. The van der Waals surface area contributed by atoms with Gasteiger partial charge in [0.1, 0.15) is 11.8 Å². The Bertz CT molecular complexity index is 784. The fourth-order valence-electron chi connectivity index (χ4n) is 1.89. The van der Waals surface area contributed by atoms with Gasteiger partial charge >= 0.3 is 0 Å². The van der Waals surface area contributed by atoms with Crippen LogP contribution >= 0.6 is 11.6 Å². The van der Waals surface area contributed by atoms with Crippen molar-refractivity contribution in [1.82, 2.24) is 19.5 Å². The van der Waals surface area contributed by atoms with Gasteiger partial charge < -0.3 is 4.57 Å². The summed E-state index contributed by atoms with van der Waals surface area (Å²) in [6.45, 7) is 0.502. The third-order valence-corrected chi connectivity index (χ3v) is 3.13. The monoisotopic (exact) mass is 289 g/mol. The number of nitro benzene ring substituents is 1. The second-order valence-electron chi connectivity index (χ2n) is 4.13. The van der Waals surface area contributed by atoms with Crippen molar-refractivity contribution < 1.29 is 4.92 Å². The Morgan fingerprint density at radius 1 is 1.20 bits per heavy atom. The van der Waals surface area contributed by atoms with Crippen molar-refractivity contribution in [3.05, 3.63) is 57.8 Å². The maximum atomic E-state index is 10.6. The average Bonchev–Trinajstić information content (AvgIpc) is 2.84. The number of halogens is 1. The lowest BCUT2D eigenvalue weighted by molar-refractivity contribution is -0.384. The highest BCUT2D eigenvalue weighted by molar-refractivity contribution is 6.33. The normalized spacial score (nSPS) is 10.8. The molecule has 8 heteroatoms. The molecule has 3 aromatic rings. The fourth-order valence-corrected chi connectivity index (χ4v) is 2.06.